The molecule has 0 aliphatic rings. The second kappa shape index (κ2) is 5.80. The average molecular weight is 322 g/mol. The van der Waals surface area contributed by atoms with E-state index in [1.54, 1.807) is 45.3 Å². The van der Waals surface area contributed by atoms with Crippen LogP contribution >= 0.6 is 0 Å². The molecule has 1 N–H and O–H groups in total. The Labute approximate surface area is 129 Å². The summed E-state index contributed by atoms with van der Waals surface area (Å²) in [6.07, 6.45) is 1.32. The first kappa shape index (κ1) is 16.0. The first-order valence-corrected chi connectivity index (χ1v) is 8.06. The molecule has 0 saturated heterocycles. The molecule has 0 bridgehead atoms. The van der Waals surface area contributed by atoms with Crippen molar-refractivity contribution in [2.45, 2.75) is 18.7 Å². The van der Waals surface area contributed by atoms with E-state index in [9.17, 15) is 13.2 Å². The van der Waals surface area contributed by atoms with E-state index < -0.39 is 10.0 Å². The number of hydrogen-bond acceptors (Lipinski definition) is 4. The summed E-state index contributed by atoms with van der Waals surface area (Å²) in [6.45, 7) is 3.15. The van der Waals surface area contributed by atoms with Crippen molar-refractivity contribution in [3.63, 3.8) is 0 Å². The van der Waals surface area contributed by atoms with Crippen LogP contribution in [0.15, 0.2) is 35.4 Å². The minimum Gasteiger partial charge on any atom is -0.316 e. The molecule has 0 spiro atoms. The summed E-state index contributed by atoms with van der Waals surface area (Å²) in [7, 11) is -0.352. The highest BCUT2D eigenvalue weighted by molar-refractivity contribution is 7.92. The molecule has 8 heteroatoms. The van der Waals surface area contributed by atoms with E-state index in [1.807, 2.05) is 0 Å². The molecule has 2 rings (SSSR count). The molecule has 0 radical (unpaired) electrons. The molecule has 1 aromatic heterocycles. The van der Waals surface area contributed by atoms with Gasteiger partial charge in [0.2, 0.25) is 5.91 Å². The first-order valence-electron chi connectivity index (χ1n) is 6.58. The van der Waals surface area contributed by atoms with E-state index in [1.165, 1.54) is 22.7 Å². The molecule has 0 aliphatic heterocycles. The molecule has 0 saturated carbocycles. The fourth-order valence-corrected chi connectivity index (χ4v) is 3.15. The van der Waals surface area contributed by atoms with Crippen LogP contribution in [-0.4, -0.2) is 31.2 Å². The number of benzene rings is 1. The number of carbonyl (C=O) groups is 1. The van der Waals surface area contributed by atoms with Crippen LogP contribution in [-0.2, 0) is 21.9 Å². The second-order valence-electron chi connectivity index (χ2n) is 4.95. The van der Waals surface area contributed by atoms with Crippen molar-refractivity contribution < 1.29 is 13.2 Å². The SMILES string of the molecule is CC(=O)N(C)c1ccc(NS(=O)(=O)c2cnn(C)c2C)cc1. The van der Waals surface area contributed by atoms with Gasteiger partial charge in [0.25, 0.3) is 10.0 Å². The van der Waals surface area contributed by atoms with Crippen LogP contribution in [0.25, 0.3) is 0 Å². The van der Waals surface area contributed by atoms with Crippen LogP contribution in [0.4, 0.5) is 11.4 Å². The van der Waals surface area contributed by atoms with E-state index in [4.69, 9.17) is 0 Å². The molecule has 118 valence electrons. The molecule has 1 aromatic carbocycles. The Balaban J connectivity index is 2.24. The second-order valence-corrected chi connectivity index (χ2v) is 6.60. The summed E-state index contributed by atoms with van der Waals surface area (Å²) in [4.78, 5) is 12.9. The maximum atomic E-state index is 12.3. The zero-order chi connectivity index (χ0) is 16.5. The number of sulfonamides is 1. The number of carbonyl (C=O) groups excluding carboxylic acids is 1. The fraction of sp³-hybridized carbons (Fsp3) is 0.286. The highest BCUT2D eigenvalue weighted by Gasteiger charge is 2.20. The van der Waals surface area contributed by atoms with E-state index in [2.05, 4.69) is 9.82 Å². The van der Waals surface area contributed by atoms with Crippen molar-refractivity contribution in [2.75, 3.05) is 16.7 Å². The summed E-state index contributed by atoms with van der Waals surface area (Å²) in [5.41, 5.74) is 1.66. The lowest BCUT2D eigenvalue weighted by Gasteiger charge is -2.15. The minimum atomic E-state index is -3.69. The third-order valence-electron chi connectivity index (χ3n) is 3.46. The van der Waals surface area contributed by atoms with Crippen LogP contribution < -0.4 is 9.62 Å². The predicted molar refractivity (Wildman–Crippen MR) is 84.3 cm³/mol. The zero-order valence-corrected chi connectivity index (χ0v) is 13.7. The number of nitrogens with zero attached hydrogens (tertiary/aromatic N) is 3. The van der Waals surface area contributed by atoms with E-state index in [0.717, 1.165) is 0 Å². The van der Waals surface area contributed by atoms with Gasteiger partial charge in [0.1, 0.15) is 4.90 Å². The predicted octanol–water partition coefficient (Wildman–Crippen LogP) is 1.51. The van der Waals surface area contributed by atoms with Gasteiger partial charge in [-0.05, 0) is 31.2 Å². The Morgan fingerprint density at radius 1 is 1.27 bits per heavy atom. The number of anilines is 2. The largest absolute Gasteiger partial charge is 0.316 e. The Morgan fingerprint density at radius 2 is 1.86 bits per heavy atom. The van der Waals surface area contributed by atoms with Gasteiger partial charge in [0.15, 0.2) is 0 Å². The highest BCUT2D eigenvalue weighted by atomic mass is 32.2. The van der Waals surface area contributed by atoms with Crippen LogP contribution in [0, 0.1) is 6.92 Å². The first-order chi connectivity index (χ1) is 10.2. The molecular weight excluding hydrogens is 304 g/mol. The van der Waals surface area contributed by atoms with Gasteiger partial charge < -0.3 is 4.90 Å². The molecule has 1 heterocycles. The van der Waals surface area contributed by atoms with E-state index >= 15 is 0 Å². The monoisotopic (exact) mass is 322 g/mol. The third-order valence-corrected chi connectivity index (χ3v) is 4.94. The standard InChI is InChI=1S/C14H18N4O3S/c1-10-14(9-15-18(10)4)22(20,21)16-12-5-7-13(8-6-12)17(3)11(2)19/h5-9,16H,1-4H3. The Bertz CT molecular complexity index is 794. The number of hydrogen-bond donors (Lipinski definition) is 1. The molecule has 22 heavy (non-hydrogen) atoms. The maximum Gasteiger partial charge on any atom is 0.265 e. The van der Waals surface area contributed by atoms with Gasteiger partial charge in [-0.25, -0.2) is 8.42 Å². The van der Waals surface area contributed by atoms with Gasteiger partial charge in [0.05, 0.1) is 11.9 Å². The van der Waals surface area contributed by atoms with E-state index in [-0.39, 0.29) is 10.8 Å². The third kappa shape index (κ3) is 3.11. The van der Waals surface area contributed by atoms with Crippen LogP contribution in [0.2, 0.25) is 0 Å². The van der Waals surface area contributed by atoms with Crippen molar-refractivity contribution in [3.05, 3.63) is 36.2 Å². The van der Waals surface area contributed by atoms with Crippen molar-refractivity contribution in [3.8, 4) is 0 Å². The summed E-state index contributed by atoms with van der Waals surface area (Å²) in [6, 6.07) is 6.57. The number of rotatable bonds is 4. The molecule has 1 amide bonds. The molecule has 7 nitrogen and oxygen atoms in total. The van der Waals surface area contributed by atoms with Crippen molar-refractivity contribution in [2.24, 2.45) is 7.05 Å². The lowest BCUT2D eigenvalue weighted by molar-refractivity contribution is -0.116. The summed E-state index contributed by atoms with van der Waals surface area (Å²) in [5, 5.41) is 3.93. The van der Waals surface area contributed by atoms with Gasteiger partial charge in [-0.1, -0.05) is 0 Å². The molecule has 0 aliphatic carbocycles. The minimum absolute atomic E-state index is 0.0979. The lowest BCUT2D eigenvalue weighted by atomic mass is 10.2. The Kier molecular flexibility index (Phi) is 4.23. The van der Waals surface area contributed by atoms with Gasteiger partial charge in [0, 0.05) is 32.4 Å². The average Bonchev–Trinajstić information content (AvgIpc) is 2.79. The summed E-state index contributed by atoms with van der Waals surface area (Å²) >= 11 is 0. The van der Waals surface area contributed by atoms with Crippen LogP contribution in [0.1, 0.15) is 12.6 Å². The quantitative estimate of drug-likeness (QED) is 0.925. The number of amides is 1. The van der Waals surface area contributed by atoms with Gasteiger partial charge >= 0.3 is 0 Å². The molecule has 0 fully saturated rings. The van der Waals surface area contributed by atoms with Crippen molar-refractivity contribution in [1.29, 1.82) is 0 Å². The van der Waals surface area contributed by atoms with Crippen LogP contribution in [0.3, 0.4) is 0 Å². The molecular formula is C14H18N4O3S. The number of aromatic nitrogens is 2. The maximum absolute atomic E-state index is 12.3. The van der Waals surface area contributed by atoms with Gasteiger partial charge in [-0.3, -0.25) is 14.2 Å². The summed E-state index contributed by atoms with van der Waals surface area (Å²) < 4.78 is 28.7. The van der Waals surface area contributed by atoms with Crippen LogP contribution in [0.5, 0.6) is 0 Å². The van der Waals surface area contributed by atoms with Crippen molar-refractivity contribution in [1.82, 2.24) is 9.78 Å². The normalized spacial score (nSPS) is 11.3. The molecule has 0 unspecified atom stereocenters. The highest BCUT2D eigenvalue weighted by Crippen LogP contribution is 2.21. The Hall–Kier alpha value is -2.35. The smallest absolute Gasteiger partial charge is 0.265 e. The fourth-order valence-electron chi connectivity index (χ4n) is 1.89. The van der Waals surface area contributed by atoms with E-state index in [0.29, 0.717) is 17.1 Å². The molecule has 0 atom stereocenters. The number of nitrogens with one attached hydrogen (secondary N) is 1. The summed E-state index contributed by atoms with van der Waals surface area (Å²) in [5.74, 6) is -0.0979. The van der Waals surface area contributed by atoms with Gasteiger partial charge in [-0.2, -0.15) is 5.10 Å². The number of aryl methyl sites for hydroxylation is 1. The Morgan fingerprint density at radius 3 is 2.32 bits per heavy atom. The van der Waals surface area contributed by atoms with Crippen molar-refractivity contribution >= 4 is 27.3 Å². The molecule has 2 aromatic rings. The topological polar surface area (TPSA) is 84.3 Å². The lowest BCUT2D eigenvalue weighted by Crippen LogP contribution is -2.22. The van der Waals surface area contributed by atoms with Gasteiger partial charge in [-0.15, -0.1) is 0 Å². The zero-order valence-electron chi connectivity index (χ0n) is 12.9.